The summed E-state index contributed by atoms with van der Waals surface area (Å²) in [6.45, 7) is 2.21. The molecule has 1 heterocycles. The number of hydrogen-bond acceptors (Lipinski definition) is 1. The summed E-state index contributed by atoms with van der Waals surface area (Å²) in [5.41, 5.74) is 7.97. The van der Waals surface area contributed by atoms with Gasteiger partial charge in [-0.25, -0.2) is 0 Å². The van der Waals surface area contributed by atoms with Crippen LogP contribution in [0.4, 0.5) is 0 Å². The second-order valence-corrected chi connectivity index (χ2v) is 9.27. The first kappa shape index (κ1) is 20.1. The lowest BCUT2D eigenvalue weighted by Gasteiger charge is -2.10. The molecule has 166 valence electrons. The molecular weight excluding hydrogens is 424 g/mol. The van der Waals surface area contributed by atoms with Gasteiger partial charge in [0.05, 0.1) is 0 Å². The fourth-order valence-corrected chi connectivity index (χ4v) is 5.40. The largest absolute Gasteiger partial charge is 0.455 e. The van der Waals surface area contributed by atoms with Gasteiger partial charge in [-0.1, -0.05) is 91.9 Å². The molecule has 0 amide bonds. The molecule has 0 radical (unpaired) electrons. The van der Waals surface area contributed by atoms with Crippen LogP contribution in [0.25, 0.3) is 65.7 Å². The third kappa shape index (κ3) is 3.24. The normalized spacial score (nSPS) is 11.7. The summed E-state index contributed by atoms with van der Waals surface area (Å²) >= 11 is 0. The quantitative estimate of drug-likeness (QED) is 0.262. The van der Waals surface area contributed by atoms with Crippen LogP contribution in [0, 0.1) is 0 Å². The molecule has 0 spiro atoms. The van der Waals surface area contributed by atoms with Crippen LogP contribution in [0.1, 0.15) is 12.5 Å². The van der Waals surface area contributed by atoms with Crippen molar-refractivity contribution in [1.82, 2.24) is 0 Å². The van der Waals surface area contributed by atoms with Gasteiger partial charge in [-0.2, -0.15) is 0 Å². The van der Waals surface area contributed by atoms with Gasteiger partial charge < -0.3 is 4.42 Å². The number of hydrogen-bond donors (Lipinski definition) is 0. The molecule has 0 aliphatic rings. The van der Waals surface area contributed by atoms with Gasteiger partial charge in [0, 0.05) is 16.3 Å². The third-order valence-corrected chi connectivity index (χ3v) is 7.21. The third-order valence-electron chi connectivity index (χ3n) is 7.21. The molecule has 1 aromatic heterocycles. The smallest absolute Gasteiger partial charge is 0.143 e. The first-order valence-corrected chi connectivity index (χ1v) is 12.2. The van der Waals surface area contributed by atoms with Gasteiger partial charge in [0.25, 0.3) is 0 Å². The topological polar surface area (TPSA) is 13.1 Å². The zero-order valence-corrected chi connectivity index (χ0v) is 19.6. The molecule has 1 nitrogen and oxygen atoms in total. The van der Waals surface area contributed by atoms with E-state index in [9.17, 15) is 0 Å². The molecule has 6 aromatic carbocycles. The minimum absolute atomic E-state index is 0.956. The molecule has 0 atom stereocenters. The van der Waals surface area contributed by atoms with E-state index in [-0.39, 0.29) is 0 Å². The number of fused-ring (bicyclic) bond motifs is 5. The Bertz CT molecular complexity index is 1890. The molecule has 0 saturated carbocycles. The molecule has 0 fully saturated rings. The molecule has 1 heteroatoms. The lowest BCUT2D eigenvalue weighted by Crippen LogP contribution is -1.86. The summed E-state index contributed by atoms with van der Waals surface area (Å²) < 4.78 is 6.55. The number of rotatable bonds is 3. The highest BCUT2D eigenvalue weighted by Gasteiger charge is 2.17. The minimum Gasteiger partial charge on any atom is -0.455 e. The van der Waals surface area contributed by atoms with Gasteiger partial charge in [-0.3, -0.25) is 0 Å². The highest BCUT2D eigenvalue weighted by molar-refractivity contribution is 6.13. The van der Waals surface area contributed by atoms with Gasteiger partial charge in [-0.05, 0) is 80.6 Å². The molecule has 0 aliphatic carbocycles. The molecule has 0 bridgehead atoms. The Morgan fingerprint density at radius 2 is 1.20 bits per heavy atom. The second-order valence-electron chi connectivity index (χ2n) is 9.27. The van der Waals surface area contributed by atoms with E-state index in [4.69, 9.17) is 4.42 Å². The standard InChI is InChI=1S/C34H24O/c1-2-22-12-7-13-32-33(22)31-21-29(27-16-14-23-8-3-5-10-25(23)18-27)20-30(34(31)35-32)28-17-15-24-9-4-6-11-26(24)19-28/h3-21H,2H2,1H3. The van der Waals surface area contributed by atoms with E-state index >= 15 is 0 Å². The predicted molar refractivity (Wildman–Crippen MR) is 149 cm³/mol. The van der Waals surface area contributed by atoms with Gasteiger partial charge in [0.2, 0.25) is 0 Å². The maximum atomic E-state index is 6.55. The zero-order chi connectivity index (χ0) is 23.4. The van der Waals surface area contributed by atoms with Gasteiger partial charge in [-0.15, -0.1) is 0 Å². The van der Waals surface area contributed by atoms with E-state index < -0.39 is 0 Å². The van der Waals surface area contributed by atoms with Crippen molar-refractivity contribution < 1.29 is 4.42 Å². The summed E-state index contributed by atoms with van der Waals surface area (Å²) in [6.07, 6.45) is 0.970. The maximum absolute atomic E-state index is 6.55. The Kier molecular flexibility index (Phi) is 4.50. The van der Waals surface area contributed by atoms with E-state index in [1.54, 1.807) is 0 Å². The number of aryl methyl sites for hydroxylation is 1. The fraction of sp³-hybridized carbons (Fsp3) is 0.0588. The van der Waals surface area contributed by atoms with Crippen LogP contribution >= 0.6 is 0 Å². The number of benzene rings is 6. The van der Waals surface area contributed by atoms with Crippen molar-refractivity contribution in [2.75, 3.05) is 0 Å². The lowest BCUT2D eigenvalue weighted by molar-refractivity contribution is 0.670. The summed E-state index contributed by atoms with van der Waals surface area (Å²) in [5, 5.41) is 7.41. The van der Waals surface area contributed by atoms with Crippen LogP contribution in [0.15, 0.2) is 120 Å². The highest BCUT2D eigenvalue weighted by atomic mass is 16.3. The predicted octanol–water partition coefficient (Wildman–Crippen LogP) is 9.79. The molecule has 0 saturated heterocycles. The molecule has 7 aromatic rings. The Labute approximate surface area is 204 Å². The fourth-order valence-electron chi connectivity index (χ4n) is 5.40. The van der Waals surface area contributed by atoms with Crippen molar-refractivity contribution in [3.8, 4) is 22.3 Å². The van der Waals surface area contributed by atoms with E-state index in [1.807, 2.05) is 0 Å². The van der Waals surface area contributed by atoms with Crippen LogP contribution in [0.2, 0.25) is 0 Å². The monoisotopic (exact) mass is 448 g/mol. The Hall–Kier alpha value is -4.36. The van der Waals surface area contributed by atoms with E-state index in [1.165, 1.54) is 54.6 Å². The average Bonchev–Trinajstić information content (AvgIpc) is 3.31. The van der Waals surface area contributed by atoms with Crippen LogP contribution < -0.4 is 0 Å². The van der Waals surface area contributed by atoms with Crippen molar-refractivity contribution in [1.29, 1.82) is 0 Å². The van der Waals surface area contributed by atoms with E-state index in [0.29, 0.717) is 0 Å². The van der Waals surface area contributed by atoms with E-state index in [2.05, 4.69) is 122 Å². The van der Waals surface area contributed by atoms with Crippen molar-refractivity contribution in [2.24, 2.45) is 0 Å². The van der Waals surface area contributed by atoms with Gasteiger partial charge in [0.15, 0.2) is 0 Å². The summed E-state index contributed by atoms with van der Waals surface area (Å²) in [4.78, 5) is 0. The first-order valence-electron chi connectivity index (χ1n) is 12.2. The van der Waals surface area contributed by atoms with Crippen LogP contribution in [0.3, 0.4) is 0 Å². The van der Waals surface area contributed by atoms with Crippen molar-refractivity contribution in [2.45, 2.75) is 13.3 Å². The lowest BCUT2D eigenvalue weighted by atomic mass is 9.93. The zero-order valence-electron chi connectivity index (χ0n) is 19.6. The highest BCUT2D eigenvalue weighted by Crippen LogP contribution is 2.41. The molecule has 0 aliphatic heterocycles. The van der Waals surface area contributed by atoms with Crippen LogP contribution in [-0.4, -0.2) is 0 Å². The van der Waals surface area contributed by atoms with Crippen molar-refractivity contribution in [3.05, 3.63) is 121 Å². The first-order chi connectivity index (χ1) is 17.3. The van der Waals surface area contributed by atoms with Crippen LogP contribution in [0.5, 0.6) is 0 Å². The Balaban J connectivity index is 1.56. The minimum atomic E-state index is 0.956. The molecule has 7 rings (SSSR count). The maximum Gasteiger partial charge on any atom is 0.143 e. The molecule has 0 N–H and O–H groups in total. The summed E-state index contributed by atoms with van der Waals surface area (Å²) in [5.74, 6) is 0. The van der Waals surface area contributed by atoms with Gasteiger partial charge in [0.1, 0.15) is 11.2 Å². The van der Waals surface area contributed by atoms with Gasteiger partial charge >= 0.3 is 0 Å². The summed E-state index contributed by atoms with van der Waals surface area (Å²) in [7, 11) is 0. The summed E-state index contributed by atoms with van der Waals surface area (Å²) in [6, 6.07) is 41.5. The van der Waals surface area contributed by atoms with Crippen molar-refractivity contribution in [3.63, 3.8) is 0 Å². The van der Waals surface area contributed by atoms with Crippen LogP contribution in [-0.2, 0) is 6.42 Å². The van der Waals surface area contributed by atoms with E-state index in [0.717, 1.165) is 23.2 Å². The average molecular weight is 449 g/mol. The SMILES string of the molecule is CCc1cccc2oc3c(-c4ccc5ccccc5c4)cc(-c4ccc5ccccc5c4)cc3c12. The van der Waals surface area contributed by atoms with Crippen molar-refractivity contribution >= 4 is 43.5 Å². The molecule has 0 unspecified atom stereocenters. The Morgan fingerprint density at radius 1 is 0.543 bits per heavy atom. The molecular formula is C34H24O. The second kappa shape index (κ2) is 7.85. The number of furan rings is 1. The molecule has 35 heavy (non-hydrogen) atoms. The Morgan fingerprint density at radius 3 is 1.91 bits per heavy atom.